The first-order valence-electron chi connectivity index (χ1n) is 8.62. The van der Waals surface area contributed by atoms with Crippen LogP contribution in [0, 0.1) is 13.8 Å². The number of rotatable bonds is 4. The first-order valence-corrected chi connectivity index (χ1v) is 9.38. The minimum atomic E-state index is -0.370. The van der Waals surface area contributed by atoms with Crippen LogP contribution in [0.3, 0.4) is 0 Å². The molecule has 0 radical (unpaired) electrons. The fourth-order valence-electron chi connectivity index (χ4n) is 3.04. The number of anilines is 1. The molecular weight excluding hydrogens is 383 g/mol. The lowest BCUT2D eigenvalue weighted by Crippen LogP contribution is -2.38. The highest BCUT2D eigenvalue weighted by atomic mass is 35.5. The molecule has 0 fully saturated rings. The van der Waals surface area contributed by atoms with E-state index in [2.05, 4.69) is 5.32 Å². The monoisotopic (exact) mass is 402 g/mol. The largest absolute Gasteiger partial charge is 0.350 e. The summed E-state index contributed by atoms with van der Waals surface area (Å²) in [6.07, 6.45) is 0. The van der Waals surface area contributed by atoms with E-state index in [0.717, 1.165) is 16.8 Å². The molecule has 6 heteroatoms. The smallest absolute Gasteiger partial charge is 0.278 e. The number of hydrogen-bond acceptors (Lipinski definition) is 3. The molecule has 0 aliphatic carbocycles. The minimum Gasteiger partial charge on any atom is -0.350 e. The van der Waals surface area contributed by atoms with Gasteiger partial charge >= 0.3 is 0 Å². The van der Waals surface area contributed by atoms with Crippen LogP contribution in [0.25, 0.3) is 5.57 Å². The molecule has 0 saturated heterocycles. The Balaban J connectivity index is 2.15. The average Bonchev–Trinajstić information content (AvgIpc) is 2.82. The molecular formula is C21H20Cl2N2O2. The highest BCUT2D eigenvalue weighted by molar-refractivity contribution is 6.41. The standard InChI is InChI=1S/C21H20Cl2N2O2/c1-11(2)25-20(26)18(16-8-6-14(22)10-17(16)23)19(21(25)27)24-15-7-5-12(3)13(4)9-15/h5-11,24H,1-4H3. The number of halogens is 2. The normalized spacial score (nSPS) is 14.6. The molecule has 0 atom stereocenters. The number of amides is 2. The molecule has 3 rings (SSSR count). The van der Waals surface area contributed by atoms with E-state index in [1.807, 2.05) is 32.0 Å². The van der Waals surface area contributed by atoms with Crippen LogP contribution in [-0.2, 0) is 9.59 Å². The second kappa shape index (κ2) is 7.37. The summed E-state index contributed by atoms with van der Waals surface area (Å²) in [6.45, 7) is 7.61. The number of imide groups is 1. The lowest BCUT2D eigenvalue weighted by Gasteiger charge is -2.19. The zero-order valence-electron chi connectivity index (χ0n) is 15.6. The third-order valence-electron chi connectivity index (χ3n) is 4.61. The number of carbonyl (C=O) groups excluding carboxylic acids is 2. The van der Waals surface area contributed by atoms with Crippen LogP contribution in [-0.4, -0.2) is 22.8 Å². The zero-order chi connectivity index (χ0) is 19.9. The third-order valence-corrected chi connectivity index (χ3v) is 5.16. The number of hydrogen-bond donors (Lipinski definition) is 1. The van der Waals surface area contributed by atoms with Crippen molar-refractivity contribution in [2.24, 2.45) is 0 Å². The van der Waals surface area contributed by atoms with Crippen LogP contribution in [0.4, 0.5) is 5.69 Å². The Morgan fingerprint density at radius 1 is 0.926 bits per heavy atom. The Bertz CT molecular complexity index is 980. The van der Waals surface area contributed by atoms with E-state index < -0.39 is 0 Å². The van der Waals surface area contributed by atoms with Crippen molar-refractivity contribution in [2.75, 3.05) is 5.32 Å². The zero-order valence-corrected chi connectivity index (χ0v) is 17.1. The molecule has 140 valence electrons. The van der Waals surface area contributed by atoms with Gasteiger partial charge in [-0.2, -0.15) is 0 Å². The second-order valence-corrected chi connectivity index (χ2v) is 7.72. The van der Waals surface area contributed by atoms with Crippen molar-refractivity contribution in [3.63, 3.8) is 0 Å². The SMILES string of the molecule is Cc1ccc(NC2=C(c3ccc(Cl)cc3Cl)C(=O)N(C(C)C)C2=O)cc1C. The van der Waals surface area contributed by atoms with Gasteiger partial charge in [0.15, 0.2) is 0 Å². The van der Waals surface area contributed by atoms with Crippen LogP contribution < -0.4 is 5.32 Å². The molecule has 0 spiro atoms. The Morgan fingerprint density at radius 2 is 1.63 bits per heavy atom. The van der Waals surface area contributed by atoms with Gasteiger partial charge in [0.1, 0.15) is 5.70 Å². The molecule has 1 N–H and O–H groups in total. The molecule has 1 aliphatic heterocycles. The minimum absolute atomic E-state index is 0.223. The number of aryl methyl sites for hydroxylation is 2. The molecule has 0 unspecified atom stereocenters. The number of carbonyl (C=O) groups is 2. The van der Waals surface area contributed by atoms with E-state index in [9.17, 15) is 9.59 Å². The van der Waals surface area contributed by atoms with Crippen LogP contribution in [0.5, 0.6) is 0 Å². The Hall–Kier alpha value is -2.30. The van der Waals surface area contributed by atoms with Crippen LogP contribution in [0.1, 0.15) is 30.5 Å². The first kappa shape index (κ1) is 19.5. The Kier molecular flexibility index (Phi) is 5.31. The van der Waals surface area contributed by atoms with Gasteiger partial charge in [0.25, 0.3) is 11.8 Å². The summed E-state index contributed by atoms with van der Waals surface area (Å²) in [6, 6.07) is 10.4. The predicted octanol–water partition coefficient (Wildman–Crippen LogP) is 5.21. The molecule has 4 nitrogen and oxygen atoms in total. The van der Waals surface area contributed by atoms with Gasteiger partial charge in [-0.3, -0.25) is 14.5 Å². The van der Waals surface area contributed by atoms with Gasteiger partial charge < -0.3 is 5.32 Å². The topological polar surface area (TPSA) is 49.4 Å². The summed E-state index contributed by atoms with van der Waals surface area (Å²) < 4.78 is 0. The van der Waals surface area contributed by atoms with Crippen molar-refractivity contribution in [1.82, 2.24) is 4.90 Å². The number of nitrogens with one attached hydrogen (secondary N) is 1. The summed E-state index contributed by atoms with van der Waals surface area (Å²) in [5.41, 5.74) is 3.93. The summed E-state index contributed by atoms with van der Waals surface area (Å²) in [4.78, 5) is 27.3. The summed E-state index contributed by atoms with van der Waals surface area (Å²) >= 11 is 12.3. The van der Waals surface area contributed by atoms with Gasteiger partial charge in [-0.1, -0.05) is 35.3 Å². The van der Waals surface area contributed by atoms with Gasteiger partial charge in [0, 0.05) is 22.3 Å². The maximum atomic E-state index is 13.0. The van der Waals surface area contributed by atoms with Crippen LogP contribution in [0.15, 0.2) is 42.1 Å². The van der Waals surface area contributed by atoms with Crippen LogP contribution >= 0.6 is 23.2 Å². The van der Waals surface area contributed by atoms with Gasteiger partial charge in [0.05, 0.1) is 10.6 Å². The Labute approximate surface area is 168 Å². The molecule has 27 heavy (non-hydrogen) atoms. The van der Waals surface area contributed by atoms with E-state index in [1.165, 1.54) is 4.90 Å². The van der Waals surface area contributed by atoms with E-state index in [1.54, 1.807) is 32.0 Å². The maximum Gasteiger partial charge on any atom is 0.278 e. The quantitative estimate of drug-likeness (QED) is 0.713. The molecule has 1 aliphatic rings. The summed E-state index contributed by atoms with van der Waals surface area (Å²) in [5, 5.41) is 3.93. The van der Waals surface area contributed by atoms with Gasteiger partial charge in [-0.05, 0) is 63.1 Å². The van der Waals surface area contributed by atoms with Gasteiger partial charge in [-0.15, -0.1) is 0 Å². The molecule has 0 saturated carbocycles. The van der Waals surface area contributed by atoms with E-state index in [-0.39, 0.29) is 29.1 Å². The predicted molar refractivity (Wildman–Crippen MR) is 110 cm³/mol. The van der Waals surface area contributed by atoms with Gasteiger partial charge in [0.2, 0.25) is 0 Å². The molecule has 2 amide bonds. The summed E-state index contributed by atoms with van der Waals surface area (Å²) in [5.74, 6) is -0.736. The van der Waals surface area contributed by atoms with Crippen LogP contribution in [0.2, 0.25) is 10.0 Å². The van der Waals surface area contributed by atoms with Crippen molar-refractivity contribution in [1.29, 1.82) is 0 Å². The van der Waals surface area contributed by atoms with Crippen molar-refractivity contribution < 1.29 is 9.59 Å². The molecule has 2 aromatic rings. The fourth-order valence-corrected chi connectivity index (χ4v) is 3.54. The van der Waals surface area contributed by atoms with E-state index in [4.69, 9.17) is 23.2 Å². The number of benzene rings is 2. The van der Waals surface area contributed by atoms with Crippen molar-refractivity contribution in [3.05, 3.63) is 68.8 Å². The molecule has 0 aromatic heterocycles. The van der Waals surface area contributed by atoms with Crippen molar-refractivity contribution in [3.8, 4) is 0 Å². The van der Waals surface area contributed by atoms with Crippen molar-refractivity contribution in [2.45, 2.75) is 33.7 Å². The molecule has 1 heterocycles. The molecule has 0 bridgehead atoms. The van der Waals surface area contributed by atoms with Gasteiger partial charge in [-0.25, -0.2) is 0 Å². The number of nitrogens with zero attached hydrogens (tertiary/aromatic N) is 1. The third kappa shape index (κ3) is 3.60. The maximum absolute atomic E-state index is 13.0. The van der Waals surface area contributed by atoms with E-state index in [0.29, 0.717) is 15.6 Å². The summed E-state index contributed by atoms with van der Waals surface area (Å²) in [7, 11) is 0. The first-order chi connectivity index (χ1) is 12.7. The highest BCUT2D eigenvalue weighted by Gasteiger charge is 2.41. The van der Waals surface area contributed by atoms with Crippen molar-refractivity contribution >= 4 is 46.3 Å². The highest BCUT2D eigenvalue weighted by Crippen LogP contribution is 2.36. The van der Waals surface area contributed by atoms with E-state index >= 15 is 0 Å². The lowest BCUT2D eigenvalue weighted by atomic mass is 10.0. The average molecular weight is 403 g/mol. The Morgan fingerprint density at radius 3 is 2.22 bits per heavy atom. The fraction of sp³-hybridized carbons (Fsp3) is 0.238. The second-order valence-electron chi connectivity index (χ2n) is 6.87. The molecule has 2 aromatic carbocycles. The lowest BCUT2D eigenvalue weighted by molar-refractivity contribution is -0.138.